The largest absolute Gasteiger partial charge is 0.316 e. The van der Waals surface area contributed by atoms with Crippen LogP contribution < -0.4 is 5.32 Å². The first-order valence-electron chi connectivity index (χ1n) is 5.45. The molecule has 0 unspecified atom stereocenters. The minimum atomic E-state index is 0.776. The molecule has 0 saturated heterocycles. The van der Waals surface area contributed by atoms with Crippen molar-refractivity contribution in [2.45, 2.75) is 16.3 Å². The first kappa shape index (κ1) is 12.5. The summed E-state index contributed by atoms with van der Waals surface area (Å²) in [5.41, 5.74) is 1.31. The third kappa shape index (κ3) is 3.50. The van der Waals surface area contributed by atoms with Crippen molar-refractivity contribution in [2.24, 2.45) is 0 Å². The Balaban J connectivity index is 2.20. The fourth-order valence-corrected chi connectivity index (χ4v) is 2.64. The van der Waals surface area contributed by atoms with E-state index in [1.807, 2.05) is 31.3 Å². The van der Waals surface area contributed by atoms with Gasteiger partial charge in [-0.2, -0.15) is 0 Å². The maximum atomic E-state index is 5.88. The lowest BCUT2D eigenvalue weighted by Crippen LogP contribution is -2.05. The molecule has 2 aromatic rings. The predicted octanol–water partition coefficient (Wildman–Crippen LogP) is 4.21. The van der Waals surface area contributed by atoms with Crippen molar-refractivity contribution in [1.29, 1.82) is 0 Å². The predicted molar refractivity (Wildman–Crippen MR) is 74.8 cm³/mol. The first-order chi connectivity index (χ1) is 8.29. The number of hydrogen-bond donors (Lipinski definition) is 1. The van der Waals surface area contributed by atoms with E-state index in [2.05, 4.69) is 29.6 Å². The molecule has 0 heterocycles. The van der Waals surface area contributed by atoms with Crippen molar-refractivity contribution in [3.8, 4) is 0 Å². The molecule has 0 aliphatic carbocycles. The second-order valence-corrected chi connectivity index (χ2v) is 5.25. The van der Waals surface area contributed by atoms with Crippen molar-refractivity contribution in [3.63, 3.8) is 0 Å². The van der Waals surface area contributed by atoms with E-state index in [0.717, 1.165) is 11.6 Å². The van der Waals surface area contributed by atoms with Crippen molar-refractivity contribution in [2.75, 3.05) is 7.05 Å². The van der Waals surface area contributed by atoms with Gasteiger partial charge < -0.3 is 5.32 Å². The molecule has 0 aliphatic heterocycles. The molecular formula is C14H14ClNS. The third-order valence-electron chi connectivity index (χ3n) is 2.38. The summed E-state index contributed by atoms with van der Waals surface area (Å²) in [6, 6.07) is 16.4. The summed E-state index contributed by atoms with van der Waals surface area (Å²) < 4.78 is 0. The Bertz CT molecular complexity index is 482. The van der Waals surface area contributed by atoms with Crippen LogP contribution in [0.3, 0.4) is 0 Å². The van der Waals surface area contributed by atoms with Crippen molar-refractivity contribution < 1.29 is 0 Å². The number of benzene rings is 2. The Morgan fingerprint density at radius 3 is 2.47 bits per heavy atom. The highest BCUT2D eigenvalue weighted by atomic mass is 35.5. The zero-order valence-electron chi connectivity index (χ0n) is 9.61. The Kier molecular flexibility index (Phi) is 4.49. The monoisotopic (exact) mass is 263 g/mol. The molecule has 1 N–H and O–H groups in total. The standard InChI is InChI=1S/C14H14ClNS/c1-16-10-11-4-2-3-5-14(11)17-13-8-6-12(15)7-9-13/h2-9,16H,10H2,1H3. The molecule has 2 rings (SSSR count). The highest BCUT2D eigenvalue weighted by Crippen LogP contribution is 2.30. The van der Waals surface area contributed by atoms with Gasteiger partial charge in [-0.1, -0.05) is 41.6 Å². The van der Waals surface area contributed by atoms with Crippen LogP contribution in [0.2, 0.25) is 5.02 Å². The summed E-state index contributed by atoms with van der Waals surface area (Å²) in [7, 11) is 1.96. The van der Waals surface area contributed by atoms with E-state index in [4.69, 9.17) is 11.6 Å². The van der Waals surface area contributed by atoms with Crippen LogP contribution in [0.1, 0.15) is 5.56 Å². The average molecular weight is 264 g/mol. The van der Waals surface area contributed by atoms with Gasteiger partial charge in [-0.3, -0.25) is 0 Å². The summed E-state index contributed by atoms with van der Waals surface area (Å²) in [6.45, 7) is 0.886. The molecule has 2 aromatic carbocycles. The van der Waals surface area contributed by atoms with Crippen LogP contribution >= 0.6 is 23.4 Å². The molecule has 1 nitrogen and oxygen atoms in total. The summed E-state index contributed by atoms with van der Waals surface area (Å²) in [6.07, 6.45) is 0. The van der Waals surface area contributed by atoms with Gasteiger partial charge in [-0.25, -0.2) is 0 Å². The summed E-state index contributed by atoms with van der Waals surface area (Å²) in [5, 5.41) is 3.96. The van der Waals surface area contributed by atoms with E-state index in [9.17, 15) is 0 Å². The Morgan fingerprint density at radius 2 is 1.76 bits per heavy atom. The molecule has 0 fully saturated rings. The quantitative estimate of drug-likeness (QED) is 0.887. The van der Waals surface area contributed by atoms with Crippen LogP contribution in [0.25, 0.3) is 0 Å². The molecule has 0 bridgehead atoms. The minimum absolute atomic E-state index is 0.776. The van der Waals surface area contributed by atoms with E-state index < -0.39 is 0 Å². The molecule has 17 heavy (non-hydrogen) atoms. The maximum Gasteiger partial charge on any atom is 0.0406 e. The summed E-state index contributed by atoms with van der Waals surface area (Å²) >= 11 is 7.64. The summed E-state index contributed by atoms with van der Waals surface area (Å²) in [5.74, 6) is 0. The van der Waals surface area contributed by atoms with Crippen LogP contribution in [0.15, 0.2) is 58.3 Å². The fraction of sp³-hybridized carbons (Fsp3) is 0.143. The second kappa shape index (κ2) is 6.10. The molecule has 3 heteroatoms. The highest BCUT2D eigenvalue weighted by Gasteiger charge is 2.02. The average Bonchev–Trinajstić information content (AvgIpc) is 2.35. The Morgan fingerprint density at radius 1 is 1.06 bits per heavy atom. The smallest absolute Gasteiger partial charge is 0.0406 e. The van der Waals surface area contributed by atoms with E-state index in [1.165, 1.54) is 15.4 Å². The highest BCUT2D eigenvalue weighted by molar-refractivity contribution is 7.99. The van der Waals surface area contributed by atoms with Crippen molar-refractivity contribution in [3.05, 3.63) is 59.1 Å². The molecule has 0 aliphatic rings. The van der Waals surface area contributed by atoms with Gasteiger partial charge in [0.2, 0.25) is 0 Å². The number of nitrogens with one attached hydrogen (secondary N) is 1. The number of halogens is 1. The van der Waals surface area contributed by atoms with E-state index >= 15 is 0 Å². The van der Waals surface area contributed by atoms with Crippen molar-refractivity contribution in [1.82, 2.24) is 5.32 Å². The lowest BCUT2D eigenvalue weighted by Gasteiger charge is -2.08. The third-order valence-corrected chi connectivity index (χ3v) is 3.76. The van der Waals surface area contributed by atoms with Crippen LogP contribution in [-0.2, 0) is 6.54 Å². The van der Waals surface area contributed by atoms with Gasteiger partial charge in [0.05, 0.1) is 0 Å². The van der Waals surface area contributed by atoms with Crippen LogP contribution in [-0.4, -0.2) is 7.05 Å². The van der Waals surface area contributed by atoms with Crippen LogP contribution in [0.4, 0.5) is 0 Å². The Hall–Kier alpha value is -0.960. The van der Waals surface area contributed by atoms with Gasteiger partial charge in [-0.15, -0.1) is 0 Å². The van der Waals surface area contributed by atoms with E-state index in [1.54, 1.807) is 11.8 Å². The number of hydrogen-bond acceptors (Lipinski definition) is 2. The van der Waals surface area contributed by atoms with Gasteiger partial charge in [-0.05, 0) is 42.9 Å². The van der Waals surface area contributed by atoms with Gasteiger partial charge in [0.1, 0.15) is 0 Å². The normalized spacial score (nSPS) is 10.5. The fourth-order valence-electron chi connectivity index (χ4n) is 1.57. The molecule has 0 saturated carbocycles. The number of rotatable bonds is 4. The molecule has 0 atom stereocenters. The molecular weight excluding hydrogens is 250 g/mol. The SMILES string of the molecule is CNCc1ccccc1Sc1ccc(Cl)cc1. The van der Waals surface area contributed by atoms with Crippen molar-refractivity contribution >= 4 is 23.4 Å². The maximum absolute atomic E-state index is 5.88. The van der Waals surface area contributed by atoms with E-state index in [-0.39, 0.29) is 0 Å². The van der Waals surface area contributed by atoms with Crippen LogP contribution in [0, 0.1) is 0 Å². The summed E-state index contributed by atoms with van der Waals surface area (Å²) in [4.78, 5) is 2.49. The van der Waals surface area contributed by atoms with Gasteiger partial charge in [0.25, 0.3) is 0 Å². The molecule has 0 aromatic heterocycles. The zero-order valence-corrected chi connectivity index (χ0v) is 11.2. The van der Waals surface area contributed by atoms with Gasteiger partial charge in [0, 0.05) is 21.4 Å². The molecule has 0 amide bonds. The van der Waals surface area contributed by atoms with Gasteiger partial charge >= 0.3 is 0 Å². The lowest BCUT2D eigenvalue weighted by atomic mass is 10.2. The van der Waals surface area contributed by atoms with E-state index in [0.29, 0.717) is 0 Å². The Labute approximate surface area is 111 Å². The molecule has 0 radical (unpaired) electrons. The van der Waals surface area contributed by atoms with Gasteiger partial charge in [0.15, 0.2) is 0 Å². The first-order valence-corrected chi connectivity index (χ1v) is 6.65. The zero-order chi connectivity index (χ0) is 12.1. The lowest BCUT2D eigenvalue weighted by molar-refractivity contribution is 0.803. The minimum Gasteiger partial charge on any atom is -0.316 e. The topological polar surface area (TPSA) is 12.0 Å². The van der Waals surface area contributed by atoms with Crippen LogP contribution in [0.5, 0.6) is 0 Å². The molecule has 88 valence electrons. The molecule has 0 spiro atoms. The second-order valence-electron chi connectivity index (χ2n) is 3.69.